The second-order valence-corrected chi connectivity index (χ2v) is 5.14. The Bertz CT molecular complexity index is 600. The molecule has 0 spiro atoms. The minimum Gasteiger partial charge on any atom is -0.463 e. The van der Waals surface area contributed by atoms with Crippen LogP contribution in [0.25, 0.3) is 0 Å². The van der Waals surface area contributed by atoms with Gasteiger partial charge in [0.15, 0.2) is 0 Å². The summed E-state index contributed by atoms with van der Waals surface area (Å²) in [4.78, 5) is 12.1. The normalized spacial score (nSPS) is 11.2. The predicted octanol–water partition coefficient (Wildman–Crippen LogP) is 4.35. The Hall–Kier alpha value is -2.35. The average molecular weight is 294 g/mol. The Morgan fingerprint density at radius 1 is 0.955 bits per heavy atom. The number of hydrogen-bond acceptors (Lipinski definition) is 2. The monoisotopic (exact) mass is 294 g/mol. The van der Waals surface area contributed by atoms with Gasteiger partial charge in [0.05, 0.1) is 6.61 Å². The van der Waals surface area contributed by atoms with Crippen LogP contribution >= 0.6 is 0 Å². The maximum absolute atomic E-state index is 12.1. The van der Waals surface area contributed by atoms with Crippen LogP contribution in [0.4, 0.5) is 0 Å². The Labute approximate surface area is 132 Å². The smallest absolute Gasteiger partial charge is 0.334 e. The molecular formula is C20H22O2. The van der Waals surface area contributed by atoms with E-state index < -0.39 is 0 Å². The van der Waals surface area contributed by atoms with Crippen LogP contribution in [0, 0.1) is 0 Å². The Morgan fingerprint density at radius 2 is 1.55 bits per heavy atom. The van der Waals surface area contributed by atoms with Gasteiger partial charge in [0.25, 0.3) is 0 Å². The number of carbonyl (C=O) groups excluding carboxylic acids is 1. The molecule has 0 aliphatic carbocycles. The Balaban J connectivity index is 2.03. The molecule has 114 valence electrons. The first-order valence-electron chi connectivity index (χ1n) is 7.73. The molecular weight excluding hydrogens is 272 g/mol. The molecule has 0 saturated carbocycles. The summed E-state index contributed by atoms with van der Waals surface area (Å²) < 4.78 is 5.17. The van der Waals surface area contributed by atoms with Gasteiger partial charge in [-0.15, -0.1) is 0 Å². The molecule has 2 nitrogen and oxygen atoms in total. The number of carbonyl (C=O) groups is 1. The van der Waals surface area contributed by atoms with Crippen LogP contribution < -0.4 is 0 Å². The molecule has 0 fully saturated rings. The van der Waals surface area contributed by atoms with E-state index in [2.05, 4.69) is 12.1 Å². The van der Waals surface area contributed by atoms with Crippen LogP contribution in [0.2, 0.25) is 0 Å². The first-order chi connectivity index (χ1) is 10.8. The van der Waals surface area contributed by atoms with E-state index in [-0.39, 0.29) is 5.97 Å². The van der Waals surface area contributed by atoms with E-state index in [9.17, 15) is 4.79 Å². The highest BCUT2D eigenvalue weighted by Gasteiger charge is 2.10. The van der Waals surface area contributed by atoms with E-state index >= 15 is 0 Å². The maximum atomic E-state index is 12.1. The lowest BCUT2D eigenvalue weighted by Crippen LogP contribution is -2.10. The van der Waals surface area contributed by atoms with Crippen molar-refractivity contribution in [1.82, 2.24) is 0 Å². The Morgan fingerprint density at radius 3 is 2.14 bits per heavy atom. The molecule has 0 heterocycles. The molecule has 0 aliphatic rings. The predicted molar refractivity (Wildman–Crippen MR) is 89.6 cm³/mol. The zero-order valence-electron chi connectivity index (χ0n) is 13.0. The summed E-state index contributed by atoms with van der Waals surface area (Å²) in [5, 5.41) is 0. The highest BCUT2D eigenvalue weighted by atomic mass is 16.5. The molecule has 0 radical (unpaired) electrons. The number of esters is 1. The van der Waals surface area contributed by atoms with Crippen LogP contribution in [0.5, 0.6) is 0 Å². The molecule has 22 heavy (non-hydrogen) atoms. The third-order valence-electron chi connectivity index (χ3n) is 3.44. The fraction of sp³-hybridized carbons (Fsp3) is 0.250. The number of rotatable bonds is 7. The molecule has 2 heteroatoms. The molecule has 0 amide bonds. The molecule has 2 aromatic rings. The van der Waals surface area contributed by atoms with E-state index in [4.69, 9.17) is 4.74 Å². The van der Waals surface area contributed by atoms with E-state index in [1.165, 1.54) is 5.56 Å². The Kier molecular flexibility index (Phi) is 6.43. The van der Waals surface area contributed by atoms with Gasteiger partial charge in [-0.05, 0) is 30.9 Å². The molecule has 0 aliphatic heterocycles. The van der Waals surface area contributed by atoms with E-state index in [1.807, 2.05) is 61.5 Å². The van der Waals surface area contributed by atoms with Crippen molar-refractivity contribution in [3.05, 3.63) is 83.4 Å². The van der Waals surface area contributed by atoms with Crippen LogP contribution in [0.15, 0.2) is 72.3 Å². The number of allylic oxidation sites excluding steroid dienone is 1. The fourth-order valence-electron chi connectivity index (χ4n) is 2.32. The fourth-order valence-corrected chi connectivity index (χ4v) is 2.32. The van der Waals surface area contributed by atoms with Crippen LogP contribution in [0.1, 0.15) is 24.5 Å². The maximum Gasteiger partial charge on any atom is 0.334 e. The first kappa shape index (κ1) is 16.0. The van der Waals surface area contributed by atoms with Crippen molar-refractivity contribution in [1.29, 1.82) is 0 Å². The van der Waals surface area contributed by atoms with Gasteiger partial charge in [-0.3, -0.25) is 0 Å². The third kappa shape index (κ3) is 5.21. The molecule has 0 aromatic heterocycles. The van der Waals surface area contributed by atoms with Crippen molar-refractivity contribution >= 4 is 5.97 Å². The molecule has 0 saturated heterocycles. The highest BCUT2D eigenvalue weighted by Crippen LogP contribution is 2.12. The second-order valence-electron chi connectivity index (χ2n) is 5.14. The van der Waals surface area contributed by atoms with Gasteiger partial charge in [0, 0.05) is 12.0 Å². The SMILES string of the molecule is CCOC(=O)/C(=C\CCc1ccccc1)Cc1ccccc1. The molecule has 0 bridgehead atoms. The lowest BCUT2D eigenvalue weighted by molar-refractivity contribution is -0.138. The van der Waals surface area contributed by atoms with Crippen LogP contribution in [0.3, 0.4) is 0 Å². The molecule has 0 unspecified atom stereocenters. The molecule has 2 rings (SSSR count). The summed E-state index contributed by atoms with van der Waals surface area (Å²) in [7, 11) is 0. The van der Waals surface area contributed by atoms with Crippen molar-refractivity contribution in [2.24, 2.45) is 0 Å². The lowest BCUT2D eigenvalue weighted by atomic mass is 10.0. The molecule has 0 atom stereocenters. The van der Waals surface area contributed by atoms with Gasteiger partial charge in [0.1, 0.15) is 0 Å². The molecule has 2 aromatic carbocycles. The second kappa shape index (κ2) is 8.83. The van der Waals surface area contributed by atoms with E-state index in [0.29, 0.717) is 13.0 Å². The zero-order valence-corrected chi connectivity index (χ0v) is 13.0. The number of ether oxygens (including phenoxy) is 1. The van der Waals surface area contributed by atoms with Crippen molar-refractivity contribution in [3.63, 3.8) is 0 Å². The zero-order chi connectivity index (χ0) is 15.6. The quantitative estimate of drug-likeness (QED) is 0.560. The average Bonchev–Trinajstić information content (AvgIpc) is 2.56. The minimum atomic E-state index is -0.209. The van der Waals surface area contributed by atoms with Gasteiger partial charge in [-0.1, -0.05) is 66.7 Å². The van der Waals surface area contributed by atoms with Gasteiger partial charge < -0.3 is 4.74 Å². The topological polar surface area (TPSA) is 26.3 Å². The number of benzene rings is 2. The summed E-state index contributed by atoms with van der Waals surface area (Å²) in [5.74, 6) is -0.209. The summed E-state index contributed by atoms with van der Waals surface area (Å²) >= 11 is 0. The van der Waals surface area contributed by atoms with Crippen molar-refractivity contribution < 1.29 is 9.53 Å². The molecule has 0 N–H and O–H groups in total. The largest absolute Gasteiger partial charge is 0.463 e. The van der Waals surface area contributed by atoms with Crippen LogP contribution in [-0.4, -0.2) is 12.6 Å². The summed E-state index contributed by atoms with van der Waals surface area (Å²) in [6.07, 6.45) is 4.40. The van der Waals surface area contributed by atoms with Crippen molar-refractivity contribution in [3.8, 4) is 0 Å². The summed E-state index contributed by atoms with van der Waals surface area (Å²) in [6.45, 7) is 2.24. The number of aryl methyl sites for hydroxylation is 1. The van der Waals surface area contributed by atoms with Crippen LogP contribution in [-0.2, 0) is 22.4 Å². The van der Waals surface area contributed by atoms with Gasteiger partial charge >= 0.3 is 5.97 Å². The minimum absolute atomic E-state index is 0.209. The standard InChI is InChI=1S/C20H22O2/c1-2-22-20(21)19(16-18-12-7-4-8-13-18)15-9-14-17-10-5-3-6-11-17/h3-8,10-13,15H,2,9,14,16H2,1H3/b19-15-. The number of hydrogen-bond donors (Lipinski definition) is 0. The van der Waals surface area contributed by atoms with Crippen molar-refractivity contribution in [2.45, 2.75) is 26.2 Å². The lowest BCUT2D eigenvalue weighted by Gasteiger charge is -2.08. The third-order valence-corrected chi connectivity index (χ3v) is 3.44. The van der Waals surface area contributed by atoms with Gasteiger partial charge in [-0.2, -0.15) is 0 Å². The van der Waals surface area contributed by atoms with Crippen molar-refractivity contribution in [2.75, 3.05) is 6.61 Å². The van der Waals surface area contributed by atoms with E-state index in [0.717, 1.165) is 24.0 Å². The summed E-state index contributed by atoms with van der Waals surface area (Å²) in [5.41, 5.74) is 3.15. The van der Waals surface area contributed by atoms with E-state index in [1.54, 1.807) is 0 Å². The van der Waals surface area contributed by atoms with Gasteiger partial charge in [0.2, 0.25) is 0 Å². The highest BCUT2D eigenvalue weighted by molar-refractivity contribution is 5.88. The summed E-state index contributed by atoms with van der Waals surface area (Å²) in [6, 6.07) is 20.3. The first-order valence-corrected chi connectivity index (χ1v) is 7.73. The van der Waals surface area contributed by atoms with Gasteiger partial charge in [-0.25, -0.2) is 4.79 Å².